The number of aliphatic hydroxyl groups excluding tert-OH is 1. The predicted octanol–water partition coefficient (Wildman–Crippen LogP) is 6.11. The monoisotopic (exact) mass is 539 g/mol. The average molecular weight is 540 g/mol. The van der Waals surface area contributed by atoms with Crippen molar-refractivity contribution in [3.63, 3.8) is 0 Å². The molecule has 3 aromatic carbocycles. The molecule has 1 N–H and O–H groups in total. The lowest BCUT2D eigenvalue weighted by atomic mass is 9.92. The first-order valence-corrected chi connectivity index (χ1v) is 12.1. The number of ether oxygens (including phenoxy) is 2. The number of rotatable bonds is 6. The van der Waals surface area contributed by atoms with E-state index in [1.807, 2.05) is 19.1 Å². The van der Waals surface area contributed by atoms with Crippen LogP contribution in [0.5, 0.6) is 5.75 Å². The summed E-state index contributed by atoms with van der Waals surface area (Å²) < 4.78 is 10.4. The molecule has 7 nitrogen and oxygen atoms in total. The molecule has 0 radical (unpaired) electrons. The largest absolute Gasteiger partial charge is 0.507 e. The smallest absolute Gasteiger partial charge is 0.338 e. The summed E-state index contributed by atoms with van der Waals surface area (Å²) in [5.41, 5.74) is 2.01. The van der Waals surface area contributed by atoms with Gasteiger partial charge in [-0.15, -0.1) is 0 Å². The van der Waals surface area contributed by atoms with Gasteiger partial charge in [-0.25, -0.2) is 4.79 Å². The van der Waals surface area contributed by atoms with E-state index in [9.17, 15) is 19.5 Å². The Balaban J connectivity index is 1.94. The number of aliphatic hydroxyl groups is 1. The fourth-order valence-electron chi connectivity index (χ4n) is 4.35. The lowest BCUT2D eigenvalue weighted by molar-refractivity contribution is -0.132. The van der Waals surface area contributed by atoms with Crippen molar-refractivity contribution in [1.29, 1.82) is 0 Å². The molecule has 0 bridgehead atoms. The van der Waals surface area contributed by atoms with E-state index in [-0.39, 0.29) is 33.5 Å². The SMILES string of the molecule is CCOC(=O)c1ccc(N2C(=O)C(=O)/C(=C(/O)c3cc(Cl)cc(Cl)c3OC)C2c2ccccc2C)cc1. The van der Waals surface area contributed by atoms with Crippen LogP contribution in [0.25, 0.3) is 5.76 Å². The van der Waals surface area contributed by atoms with Crippen molar-refractivity contribution in [2.45, 2.75) is 19.9 Å². The Morgan fingerprint density at radius 1 is 1.05 bits per heavy atom. The van der Waals surface area contributed by atoms with Crippen molar-refractivity contribution in [3.8, 4) is 5.75 Å². The second-order valence-electron chi connectivity index (χ2n) is 8.26. The molecule has 190 valence electrons. The van der Waals surface area contributed by atoms with Crippen molar-refractivity contribution in [3.05, 3.63) is 98.5 Å². The van der Waals surface area contributed by atoms with Crippen LogP contribution in [-0.2, 0) is 14.3 Å². The Morgan fingerprint density at radius 2 is 1.73 bits per heavy atom. The van der Waals surface area contributed by atoms with Gasteiger partial charge in [0.2, 0.25) is 0 Å². The van der Waals surface area contributed by atoms with Gasteiger partial charge >= 0.3 is 5.97 Å². The van der Waals surface area contributed by atoms with E-state index in [1.165, 1.54) is 36.3 Å². The number of esters is 1. The fraction of sp³-hybridized carbons (Fsp3) is 0.179. The molecule has 37 heavy (non-hydrogen) atoms. The lowest BCUT2D eigenvalue weighted by Gasteiger charge is -2.27. The van der Waals surface area contributed by atoms with Gasteiger partial charge in [-0.1, -0.05) is 47.5 Å². The number of carbonyl (C=O) groups is 3. The van der Waals surface area contributed by atoms with Crippen LogP contribution in [0.2, 0.25) is 10.0 Å². The molecule has 1 aliphatic heterocycles. The molecule has 1 amide bonds. The molecule has 0 spiro atoms. The Bertz CT molecular complexity index is 1430. The second kappa shape index (κ2) is 10.7. The molecule has 0 aliphatic carbocycles. The third-order valence-electron chi connectivity index (χ3n) is 6.05. The number of nitrogens with zero attached hydrogens (tertiary/aromatic N) is 1. The third kappa shape index (κ3) is 4.80. The summed E-state index contributed by atoms with van der Waals surface area (Å²) in [5, 5.41) is 11.8. The van der Waals surface area contributed by atoms with Crippen molar-refractivity contribution in [1.82, 2.24) is 0 Å². The summed E-state index contributed by atoms with van der Waals surface area (Å²) in [5.74, 6) is -2.60. The summed E-state index contributed by atoms with van der Waals surface area (Å²) >= 11 is 12.5. The standard InChI is InChI=1S/C28H23Cl2NO6/c1-4-37-28(35)16-9-11-18(12-10-16)31-23(19-8-6-5-7-15(19)2)22(25(33)27(31)34)24(32)20-13-17(29)14-21(30)26(20)36-3/h5-14,23,32H,4H2,1-3H3/b24-22+. The molecule has 1 unspecified atom stereocenters. The minimum atomic E-state index is -0.975. The van der Waals surface area contributed by atoms with E-state index >= 15 is 0 Å². The summed E-state index contributed by atoms with van der Waals surface area (Å²) in [6.07, 6.45) is 0. The van der Waals surface area contributed by atoms with Crippen LogP contribution in [-0.4, -0.2) is 36.5 Å². The number of ketones is 1. The number of hydrogen-bond acceptors (Lipinski definition) is 6. The molecule has 1 aliphatic rings. The minimum Gasteiger partial charge on any atom is -0.507 e. The van der Waals surface area contributed by atoms with Gasteiger partial charge in [0.15, 0.2) is 0 Å². The van der Waals surface area contributed by atoms with Gasteiger partial charge in [0.25, 0.3) is 11.7 Å². The zero-order chi connectivity index (χ0) is 26.9. The number of anilines is 1. The Kier molecular flexibility index (Phi) is 7.57. The highest BCUT2D eigenvalue weighted by molar-refractivity contribution is 6.52. The molecule has 3 aromatic rings. The van der Waals surface area contributed by atoms with E-state index in [4.69, 9.17) is 32.7 Å². The number of hydrogen-bond donors (Lipinski definition) is 1. The van der Waals surface area contributed by atoms with Crippen LogP contribution < -0.4 is 9.64 Å². The fourth-order valence-corrected chi connectivity index (χ4v) is 4.92. The van der Waals surface area contributed by atoms with Crippen molar-refractivity contribution >= 4 is 52.3 Å². The van der Waals surface area contributed by atoms with Gasteiger partial charge in [0.05, 0.1) is 41.5 Å². The van der Waals surface area contributed by atoms with Gasteiger partial charge < -0.3 is 14.6 Å². The maximum absolute atomic E-state index is 13.4. The number of aryl methyl sites for hydroxylation is 1. The summed E-state index contributed by atoms with van der Waals surface area (Å²) in [7, 11) is 1.37. The van der Waals surface area contributed by atoms with Crippen LogP contribution in [0.1, 0.15) is 40.0 Å². The maximum atomic E-state index is 13.4. The van der Waals surface area contributed by atoms with E-state index in [1.54, 1.807) is 31.2 Å². The first kappa shape index (κ1) is 26.3. The molecular formula is C28H23Cl2NO6. The van der Waals surface area contributed by atoms with Gasteiger partial charge in [0.1, 0.15) is 11.5 Å². The number of amides is 1. The predicted molar refractivity (Wildman–Crippen MR) is 141 cm³/mol. The van der Waals surface area contributed by atoms with Crippen molar-refractivity contribution in [2.24, 2.45) is 0 Å². The van der Waals surface area contributed by atoms with Gasteiger partial charge in [-0.2, -0.15) is 0 Å². The van der Waals surface area contributed by atoms with Gasteiger partial charge in [0, 0.05) is 10.7 Å². The number of Topliss-reactive ketones (excluding diaryl/α,β-unsaturated/α-hetero) is 1. The number of methoxy groups -OCH3 is 1. The van der Waals surface area contributed by atoms with Crippen LogP contribution in [0.3, 0.4) is 0 Å². The molecular weight excluding hydrogens is 517 g/mol. The minimum absolute atomic E-state index is 0.0780. The molecule has 1 saturated heterocycles. The summed E-state index contributed by atoms with van der Waals surface area (Å²) in [4.78, 5) is 40.3. The molecule has 9 heteroatoms. The quantitative estimate of drug-likeness (QED) is 0.176. The number of carbonyl (C=O) groups excluding carboxylic acids is 3. The Morgan fingerprint density at radius 3 is 2.35 bits per heavy atom. The van der Waals surface area contributed by atoms with Crippen LogP contribution in [0.15, 0.2) is 66.2 Å². The zero-order valence-corrected chi connectivity index (χ0v) is 21.8. The number of halogens is 2. The third-order valence-corrected chi connectivity index (χ3v) is 6.55. The first-order valence-electron chi connectivity index (χ1n) is 11.4. The second-order valence-corrected chi connectivity index (χ2v) is 9.11. The van der Waals surface area contributed by atoms with Crippen LogP contribution in [0, 0.1) is 6.92 Å². The van der Waals surface area contributed by atoms with Crippen molar-refractivity contribution in [2.75, 3.05) is 18.6 Å². The molecule has 1 heterocycles. The van der Waals surface area contributed by atoms with Crippen LogP contribution >= 0.6 is 23.2 Å². The maximum Gasteiger partial charge on any atom is 0.338 e. The highest BCUT2D eigenvalue weighted by Crippen LogP contribution is 2.45. The van der Waals surface area contributed by atoms with Crippen LogP contribution in [0.4, 0.5) is 5.69 Å². The van der Waals surface area contributed by atoms with E-state index < -0.39 is 29.5 Å². The van der Waals surface area contributed by atoms with E-state index in [2.05, 4.69) is 0 Å². The van der Waals surface area contributed by atoms with E-state index in [0.717, 1.165) is 5.56 Å². The van der Waals surface area contributed by atoms with Gasteiger partial charge in [-0.05, 0) is 61.4 Å². The normalized spacial score (nSPS) is 16.7. The number of benzene rings is 3. The first-order chi connectivity index (χ1) is 17.7. The van der Waals surface area contributed by atoms with E-state index in [0.29, 0.717) is 16.8 Å². The lowest BCUT2D eigenvalue weighted by Crippen LogP contribution is -2.29. The molecule has 0 aromatic heterocycles. The Labute approximate surface area is 223 Å². The van der Waals surface area contributed by atoms with Crippen molar-refractivity contribution < 1.29 is 29.0 Å². The molecule has 4 rings (SSSR count). The topological polar surface area (TPSA) is 93.1 Å². The average Bonchev–Trinajstić information content (AvgIpc) is 3.13. The molecule has 1 atom stereocenters. The van der Waals surface area contributed by atoms with Gasteiger partial charge in [-0.3, -0.25) is 14.5 Å². The zero-order valence-electron chi connectivity index (χ0n) is 20.2. The molecule has 0 saturated carbocycles. The summed E-state index contributed by atoms with van der Waals surface area (Å²) in [6.45, 7) is 3.77. The Hall–Kier alpha value is -3.81. The highest BCUT2D eigenvalue weighted by Gasteiger charge is 2.47. The highest BCUT2D eigenvalue weighted by atomic mass is 35.5. The molecule has 1 fully saturated rings. The summed E-state index contributed by atoms with van der Waals surface area (Å²) in [6, 6.07) is 15.3.